The summed E-state index contributed by atoms with van der Waals surface area (Å²) in [6.45, 7) is 0.522. The summed E-state index contributed by atoms with van der Waals surface area (Å²) in [5.41, 5.74) is 6.48. The van der Waals surface area contributed by atoms with Crippen LogP contribution >= 0.6 is 15.9 Å². The van der Waals surface area contributed by atoms with Gasteiger partial charge in [0.15, 0.2) is 0 Å². The summed E-state index contributed by atoms with van der Waals surface area (Å²) >= 11 is 3.37. The van der Waals surface area contributed by atoms with E-state index in [2.05, 4.69) is 31.5 Å². The summed E-state index contributed by atoms with van der Waals surface area (Å²) in [6, 6.07) is 4.67. The monoisotopic (exact) mass is 364 g/mol. The zero-order chi connectivity index (χ0) is 15.7. The number of tetrazole rings is 1. The smallest absolute Gasteiger partial charge is 0.255 e. The summed E-state index contributed by atoms with van der Waals surface area (Å²) < 4.78 is 2.10. The van der Waals surface area contributed by atoms with Crippen LogP contribution in [0.3, 0.4) is 0 Å². The Kier molecular flexibility index (Phi) is 3.88. The molecule has 3 rings (SSSR count). The van der Waals surface area contributed by atoms with Crippen molar-refractivity contribution in [3.05, 3.63) is 34.6 Å². The Bertz CT molecular complexity index is 717. The maximum absolute atomic E-state index is 12.7. The van der Waals surface area contributed by atoms with Crippen molar-refractivity contribution in [2.24, 2.45) is 5.73 Å². The molecule has 2 amide bonds. The van der Waals surface area contributed by atoms with E-state index in [4.69, 9.17) is 5.73 Å². The number of nitrogens with zero attached hydrogens (tertiary/aromatic N) is 5. The van der Waals surface area contributed by atoms with E-state index >= 15 is 0 Å². The molecule has 0 radical (unpaired) electrons. The van der Waals surface area contributed by atoms with Crippen LogP contribution in [-0.4, -0.2) is 49.5 Å². The second-order valence-electron chi connectivity index (χ2n) is 4.98. The van der Waals surface area contributed by atoms with Gasteiger partial charge in [-0.2, -0.15) is 0 Å². The number of amides is 2. The number of rotatable bonds is 3. The lowest BCUT2D eigenvalue weighted by atomic mass is 10.1. The molecule has 0 spiro atoms. The Morgan fingerprint density at radius 1 is 1.36 bits per heavy atom. The highest BCUT2D eigenvalue weighted by atomic mass is 79.9. The molecule has 0 bridgehead atoms. The normalized spacial score (nSPS) is 17.7. The predicted octanol–water partition coefficient (Wildman–Crippen LogP) is 0.515. The number of hydrogen-bond acceptors (Lipinski definition) is 5. The Morgan fingerprint density at radius 3 is 2.86 bits per heavy atom. The van der Waals surface area contributed by atoms with Gasteiger partial charge < -0.3 is 10.6 Å². The third-order valence-corrected chi connectivity index (χ3v) is 4.33. The summed E-state index contributed by atoms with van der Waals surface area (Å²) in [6.07, 6.45) is 2.81. The minimum absolute atomic E-state index is 0.233. The predicted molar refractivity (Wildman–Crippen MR) is 80.1 cm³/mol. The van der Waals surface area contributed by atoms with Crippen LogP contribution in [0.5, 0.6) is 0 Å². The van der Waals surface area contributed by atoms with Crippen molar-refractivity contribution in [1.29, 1.82) is 0 Å². The highest BCUT2D eigenvalue weighted by Gasteiger charge is 2.33. The number of aromatic nitrogens is 4. The highest BCUT2D eigenvalue weighted by Crippen LogP contribution is 2.25. The van der Waals surface area contributed by atoms with Crippen LogP contribution in [-0.2, 0) is 4.79 Å². The zero-order valence-electron chi connectivity index (χ0n) is 11.5. The van der Waals surface area contributed by atoms with E-state index in [0.29, 0.717) is 28.7 Å². The molecule has 2 aromatic rings. The van der Waals surface area contributed by atoms with Gasteiger partial charge in [0.05, 0.1) is 11.3 Å². The van der Waals surface area contributed by atoms with Crippen molar-refractivity contribution in [1.82, 2.24) is 25.1 Å². The molecular weight excluding hydrogens is 352 g/mol. The fourth-order valence-corrected chi connectivity index (χ4v) is 2.98. The van der Waals surface area contributed by atoms with Gasteiger partial charge in [0.25, 0.3) is 5.91 Å². The van der Waals surface area contributed by atoms with Gasteiger partial charge in [-0.05, 0) is 57.4 Å². The van der Waals surface area contributed by atoms with E-state index in [9.17, 15) is 9.59 Å². The van der Waals surface area contributed by atoms with Crippen molar-refractivity contribution in [3.8, 4) is 5.69 Å². The number of hydrogen-bond donors (Lipinski definition) is 1. The molecule has 1 aromatic heterocycles. The van der Waals surface area contributed by atoms with Gasteiger partial charge in [-0.25, -0.2) is 4.68 Å². The number of likely N-dealkylation sites (tertiary alicyclic amines) is 1. The maximum atomic E-state index is 12.7. The van der Waals surface area contributed by atoms with Crippen molar-refractivity contribution < 1.29 is 9.59 Å². The van der Waals surface area contributed by atoms with E-state index in [1.807, 2.05) is 0 Å². The SMILES string of the molecule is NC(=O)C1CCCN1C(=O)c1cc(-n2cnnn2)ccc1Br. The molecule has 1 saturated heterocycles. The standard InChI is InChI=1S/C13H13BrN6O2/c14-10-4-3-8(20-7-16-17-18-20)6-9(10)13(22)19-5-1-2-11(19)12(15)21/h3-4,6-7,11H,1-2,5H2,(H2,15,21). The molecule has 114 valence electrons. The summed E-state index contributed by atoms with van der Waals surface area (Å²) in [4.78, 5) is 25.7. The number of primary amides is 1. The van der Waals surface area contributed by atoms with Crippen molar-refractivity contribution in [2.75, 3.05) is 6.54 Å². The van der Waals surface area contributed by atoms with Crippen LogP contribution in [0.1, 0.15) is 23.2 Å². The van der Waals surface area contributed by atoms with Crippen LogP contribution in [0.15, 0.2) is 29.0 Å². The molecule has 2 heterocycles. The van der Waals surface area contributed by atoms with E-state index < -0.39 is 11.9 Å². The first-order valence-corrected chi connectivity index (χ1v) is 7.50. The molecule has 0 aliphatic carbocycles. The van der Waals surface area contributed by atoms with Gasteiger partial charge in [0.1, 0.15) is 12.4 Å². The molecule has 0 saturated carbocycles. The molecule has 1 aliphatic rings. The molecular formula is C13H13BrN6O2. The molecule has 1 fully saturated rings. The fraction of sp³-hybridized carbons (Fsp3) is 0.308. The third kappa shape index (κ3) is 2.59. The van der Waals surface area contributed by atoms with Gasteiger partial charge in [-0.1, -0.05) is 0 Å². The van der Waals surface area contributed by atoms with Crippen LogP contribution in [0.2, 0.25) is 0 Å². The van der Waals surface area contributed by atoms with Crippen LogP contribution in [0, 0.1) is 0 Å². The van der Waals surface area contributed by atoms with Gasteiger partial charge in [0, 0.05) is 11.0 Å². The molecule has 1 aliphatic heterocycles. The summed E-state index contributed by atoms with van der Waals surface area (Å²) in [7, 11) is 0. The quantitative estimate of drug-likeness (QED) is 0.853. The zero-order valence-corrected chi connectivity index (χ0v) is 13.1. The molecule has 1 atom stereocenters. The summed E-state index contributed by atoms with van der Waals surface area (Å²) in [5.74, 6) is -0.707. The minimum Gasteiger partial charge on any atom is -0.368 e. The molecule has 1 unspecified atom stereocenters. The van der Waals surface area contributed by atoms with E-state index in [1.165, 1.54) is 15.9 Å². The second kappa shape index (κ2) is 5.84. The lowest BCUT2D eigenvalue weighted by Crippen LogP contribution is -2.43. The Labute approximate surface area is 134 Å². The first-order valence-electron chi connectivity index (χ1n) is 6.71. The Hall–Kier alpha value is -2.29. The lowest BCUT2D eigenvalue weighted by Gasteiger charge is -2.23. The van der Waals surface area contributed by atoms with E-state index in [1.54, 1.807) is 18.2 Å². The van der Waals surface area contributed by atoms with Crippen LogP contribution in [0.25, 0.3) is 5.69 Å². The highest BCUT2D eigenvalue weighted by molar-refractivity contribution is 9.10. The third-order valence-electron chi connectivity index (χ3n) is 3.64. The van der Waals surface area contributed by atoms with Crippen LogP contribution < -0.4 is 5.73 Å². The first-order chi connectivity index (χ1) is 10.6. The van der Waals surface area contributed by atoms with Gasteiger partial charge >= 0.3 is 0 Å². The second-order valence-corrected chi connectivity index (χ2v) is 5.83. The van der Waals surface area contributed by atoms with Crippen molar-refractivity contribution in [2.45, 2.75) is 18.9 Å². The van der Waals surface area contributed by atoms with Gasteiger partial charge in [0.2, 0.25) is 5.91 Å². The lowest BCUT2D eigenvalue weighted by molar-refractivity contribution is -0.121. The fourth-order valence-electron chi connectivity index (χ4n) is 2.56. The first kappa shape index (κ1) is 14.6. The van der Waals surface area contributed by atoms with Gasteiger partial charge in [-0.3, -0.25) is 9.59 Å². The molecule has 8 nitrogen and oxygen atoms in total. The maximum Gasteiger partial charge on any atom is 0.255 e. The van der Waals surface area contributed by atoms with Crippen molar-refractivity contribution in [3.63, 3.8) is 0 Å². The van der Waals surface area contributed by atoms with Gasteiger partial charge in [-0.15, -0.1) is 5.10 Å². The molecule has 22 heavy (non-hydrogen) atoms. The number of carbonyl (C=O) groups excluding carboxylic acids is 2. The van der Waals surface area contributed by atoms with Crippen LogP contribution in [0.4, 0.5) is 0 Å². The molecule has 1 aromatic carbocycles. The largest absolute Gasteiger partial charge is 0.368 e. The van der Waals surface area contributed by atoms with Crippen molar-refractivity contribution >= 4 is 27.7 Å². The number of benzene rings is 1. The Morgan fingerprint density at radius 2 is 2.18 bits per heavy atom. The topological polar surface area (TPSA) is 107 Å². The number of carbonyl (C=O) groups is 2. The minimum atomic E-state index is -0.545. The Balaban J connectivity index is 1.95. The molecule has 9 heteroatoms. The van der Waals surface area contributed by atoms with E-state index in [-0.39, 0.29) is 5.91 Å². The number of nitrogens with two attached hydrogens (primary N) is 1. The average molecular weight is 365 g/mol. The summed E-state index contributed by atoms with van der Waals surface area (Å²) in [5, 5.41) is 10.9. The van der Waals surface area contributed by atoms with E-state index in [0.717, 1.165) is 6.42 Å². The average Bonchev–Trinajstić information content (AvgIpc) is 3.18. The molecule has 2 N–H and O–H groups in total. The number of halogens is 1.